The first kappa shape index (κ1) is 10.5. The largest absolute Gasteiger partial charge is 0.388 e. The lowest BCUT2D eigenvalue weighted by molar-refractivity contribution is 0.389. The number of nitrogens with one attached hydrogen (secondary N) is 1. The second-order valence-electron chi connectivity index (χ2n) is 4.59. The van der Waals surface area contributed by atoms with E-state index in [1.165, 1.54) is 0 Å². The predicted octanol–water partition coefficient (Wildman–Crippen LogP) is 2.79. The van der Waals surface area contributed by atoms with Crippen molar-refractivity contribution in [1.29, 1.82) is 0 Å². The van der Waals surface area contributed by atoms with Crippen LogP contribution in [0.3, 0.4) is 0 Å². The number of hydrogen-bond acceptors (Lipinski definition) is 1. The minimum absolute atomic E-state index is 0.345. The van der Waals surface area contributed by atoms with Gasteiger partial charge < -0.3 is 5.32 Å². The van der Waals surface area contributed by atoms with E-state index in [4.69, 9.17) is 0 Å². The summed E-state index contributed by atoms with van der Waals surface area (Å²) in [5.41, 5.74) is 1.48. The standard InChI is InChI=1S/C10H21N/c1-8(2)9(3)11-7-10(4,5)6/h8,11H,3,7H2,1-2,4-6H3. The number of allylic oxidation sites excluding steroid dienone is 1. The quantitative estimate of drug-likeness (QED) is 0.661. The van der Waals surface area contributed by atoms with E-state index in [1.807, 2.05) is 0 Å². The lowest BCUT2D eigenvalue weighted by Crippen LogP contribution is -2.27. The fraction of sp³-hybridized carbons (Fsp3) is 0.800. The maximum atomic E-state index is 3.95. The van der Waals surface area contributed by atoms with Gasteiger partial charge in [-0.15, -0.1) is 0 Å². The smallest absolute Gasteiger partial charge is 0.0192 e. The molecule has 0 rings (SSSR count). The average molecular weight is 155 g/mol. The van der Waals surface area contributed by atoms with Gasteiger partial charge in [0.15, 0.2) is 0 Å². The number of hydrogen-bond donors (Lipinski definition) is 1. The van der Waals surface area contributed by atoms with Crippen LogP contribution in [0.5, 0.6) is 0 Å². The van der Waals surface area contributed by atoms with Gasteiger partial charge in [0.1, 0.15) is 0 Å². The van der Waals surface area contributed by atoms with Crippen molar-refractivity contribution >= 4 is 0 Å². The summed E-state index contributed by atoms with van der Waals surface area (Å²) in [5.74, 6) is 0.539. The summed E-state index contributed by atoms with van der Waals surface area (Å²) < 4.78 is 0. The molecule has 0 aliphatic carbocycles. The molecule has 0 saturated heterocycles. The fourth-order valence-corrected chi connectivity index (χ4v) is 0.583. The van der Waals surface area contributed by atoms with Gasteiger partial charge in [0.2, 0.25) is 0 Å². The molecule has 66 valence electrons. The Kier molecular flexibility index (Phi) is 3.64. The van der Waals surface area contributed by atoms with E-state index in [0.717, 1.165) is 12.2 Å². The van der Waals surface area contributed by atoms with Gasteiger partial charge in [-0.25, -0.2) is 0 Å². The molecule has 11 heavy (non-hydrogen) atoms. The Morgan fingerprint density at radius 1 is 1.36 bits per heavy atom. The molecule has 0 bridgehead atoms. The van der Waals surface area contributed by atoms with Crippen molar-refractivity contribution in [3.05, 3.63) is 12.3 Å². The molecule has 1 heteroatoms. The van der Waals surface area contributed by atoms with E-state index < -0.39 is 0 Å². The maximum absolute atomic E-state index is 3.95. The number of rotatable bonds is 3. The van der Waals surface area contributed by atoms with E-state index in [9.17, 15) is 0 Å². The van der Waals surface area contributed by atoms with Crippen molar-refractivity contribution in [2.45, 2.75) is 34.6 Å². The summed E-state index contributed by atoms with van der Waals surface area (Å²) >= 11 is 0. The minimum Gasteiger partial charge on any atom is -0.388 e. The van der Waals surface area contributed by atoms with Crippen molar-refractivity contribution in [3.8, 4) is 0 Å². The molecule has 0 fully saturated rings. The third-order valence-electron chi connectivity index (χ3n) is 1.54. The van der Waals surface area contributed by atoms with Crippen LogP contribution in [-0.4, -0.2) is 6.54 Å². The molecule has 0 heterocycles. The first-order chi connectivity index (χ1) is 4.83. The van der Waals surface area contributed by atoms with Crippen LogP contribution in [0.25, 0.3) is 0 Å². The van der Waals surface area contributed by atoms with Gasteiger partial charge in [-0.05, 0) is 11.3 Å². The molecule has 1 N–H and O–H groups in total. The Morgan fingerprint density at radius 3 is 2.09 bits per heavy atom. The highest BCUT2D eigenvalue weighted by molar-refractivity contribution is 4.95. The van der Waals surface area contributed by atoms with Crippen LogP contribution in [0.2, 0.25) is 0 Å². The molecule has 0 aliphatic rings. The Hall–Kier alpha value is -0.460. The van der Waals surface area contributed by atoms with Gasteiger partial charge in [0, 0.05) is 12.2 Å². The Bertz CT molecular complexity index is 128. The Morgan fingerprint density at radius 2 is 1.82 bits per heavy atom. The fourth-order valence-electron chi connectivity index (χ4n) is 0.583. The normalized spacial score (nSPS) is 11.8. The summed E-state index contributed by atoms with van der Waals surface area (Å²) in [6.07, 6.45) is 0. The molecular formula is C10H21N. The third-order valence-corrected chi connectivity index (χ3v) is 1.54. The summed E-state index contributed by atoms with van der Waals surface area (Å²) in [5, 5.41) is 3.33. The predicted molar refractivity (Wildman–Crippen MR) is 51.4 cm³/mol. The van der Waals surface area contributed by atoms with E-state index >= 15 is 0 Å². The zero-order valence-corrected chi connectivity index (χ0v) is 8.49. The highest BCUT2D eigenvalue weighted by Gasteiger charge is 2.10. The zero-order chi connectivity index (χ0) is 9.07. The monoisotopic (exact) mass is 155 g/mol. The van der Waals surface area contributed by atoms with E-state index in [1.54, 1.807) is 0 Å². The SMILES string of the molecule is C=C(NCC(C)(C)C)C(C)C. The third kappa shape index (κ3) is 5.96. The van der Waals surface area contributed by atoms with E-state index in [2.05, 4.69) is 46.5 Å². The second-order valence-corrected chi connectivity index (χ2v) is 4.59. The molecule has 0 amide bonds. The molecule has 0 aromatic carbocycles. The van der Waals surface area contributed by atoms with E-state index in [-0.39, 0.29) is 0 Å². The van der Waals surface area contributed by atoms with Gasteiger partial charge in [0.05, 0.1) is 0 Å². The van der Waals surface area contributed by atoms with Crippen molar-refractivity contribution in [2.24, 2.45) is 11.3 Å². The molecule has 0 unspecified atom stereocenters. The molecule has 0 aliphatic heterocycles. The summed E-state index contributed by atoms with van der Waals surface area (Å²) in [6.45, 7) is 15.9. The lowest BCUT2D eigenvalue weighted by atomic mass is 9.96. The molecule has 1 nitrogen and oxygen atoms in total. The van der Waals surface area contributed by atoms with Crippen LogP contribution in [0.4, 0.5) is 0 Å². The molecule has 0 atom stereocenters. The topological polar surface area (TPSA) is 12.0 Å². The van der Waals surface area contributed by atoms with Crippen molar-refractivity contribution < 1.29 is 0 Å². The maximum Gasteiger partial charge on any atom is 0.0192 e. The van der Waals surface area contributed by atoms with Gasteiger partial charge >= 0.3 is 0 Å². The van der Waals surface area contributed by atoms with Crippen molar-refractivity contribution in [1.82, 2.24) is 5.32 Å². The van der Waals surface area contributed by atoms with Crippen LogP contribution >= 0.6 is 0 Å². The van der Waals surface area contributed by atoms with Crippen LogP contribution in [-0.2, 0) is 0 Å². The summed E-state index contributed by atoms with van der Waals surface area (Å²) in [7, 11) is 0. The molecule has 0 radical (unpaired) electrons. The van der Waals surface area contributed by atoms with Gasteiger partial charge in [-0.3, -0.25) is 0 Å². The molecular weight excluding hydrogens is 134 g/mol. The van der Waals surface area contributed by atoms with Crippen LogP contribution < -0.4 is 5.32 Å². The van der Waals surface area contributed by atoms with Crippen molar-refractivity contribution in [3.63, 3.8) is 0 Å². The highest BCUT2D eigenvalue weighted by Crippen LogP contribution is 2.12. The first-order valence-electron chi connectivity index (χ1n) is 4.25. The average Bonchev–Trinajstić information content (AvgIpc) is 1.80. The van der Waals surface area contributed by atoms with Crippen LogP contribution in [0.1, 0.15) is 34.6 Å². The molecule has 0 spiro atoms. The van der Waals surface area contributed by atoms with Crippen LogP contribution in [0, 0.1) is 11.3 Å². The highest BCUT2D eigenvalue weighted by atomic mass is 14.9. The minimum atomic E-state index is 0.345. The summed E-state index contributed by atoms with van der Waals surface area (Å²) in [6, 6.07) is 0. The zero-order valence-electron chi connectivity index (χ0n) is 8.49. The van der Waals surface area contributed by atoms with Gasteiger partial charge in [-0.2, -0.15) is 0 Å². The van der Waals surface area contributed by atoms with Crippen LogP contribution in [0.15, 0.2) is 12.3 Å². The van der Waals surface area contributed by atoms with Gasteiger partial charge in [-0.1, -0.05) is 41.2 Å². The second kappa shape index (κ2) is 3.80. The first-order valence-corrected chi connectivity index (χ1v) is 4.25. The molecule has 0 aromatic rings. The van der Waals surface area contributed by atoms with Gasteiger partial charge in [0.25, 0.3) is 0 Å². The Labute approximate surface area is 70.9 Å². The summed E-state index contributed by atoms with van der Waals surface area (Å²) in [4.78, 5) is 0. The van der Waals surface area contributed by atoms with Crippen molar-refractivity contribution in [2.75, 3.05) is 6.54 Å². The molecule has 0 saturated carbocycles. The lowest BCUT2D eigenvalue weighted by Gasteiger charge is -2.22. The van der Waals surface area contributed by atoms with E-state index in [0.29, 0.717) is 11.3 Å². The molecule has 0 aromatic heterocycles. The Balaban J connectivity index is 3.64.